The molecule has 2 N–H and O–H groups in total. The van der Waals surface area contributed by atoms with Crippen LogP contribution in [0.1, 0.15) is 25.7 Å². The van der Waals surface area contributed by atoms with Crippen molar-refractivity contribution in [3.05, 3.63) is 0 Å². The lowest BCUT2D eigenvalue weighted by Gasteiger charge is -2.04. The molecule has 2 aliphatic rings. The van der Waals surface area contributed by atoms with Crippen molar-refractivity contribution < 1.29 is 0 Å². The highest BCUT2D eigenvalue weighted by atomic mass is 35.5. The molecule has 0 saturated heterocycles. The fourth-order valence-electron chi connectivity index (χ4n) is 2.05. The van der Waals surface area contributed by atoms with Gasteiger partial charge in [-0.2, -0.15) is 0 Å². The van der Waals surface area contributed by atoms with E-state index >= 15 is 0 Å². The van der Waals surface area contributed by atoms with E-state index in [2.05, 4.69) is 0 Å². The highest BCUT2D eigenvalue weighted by molar-refractivity contribution is 5.85. The van der Waals surface area contributed by atoms with Crippen LogP contribution in [0.5, 0.6) is 0 Å². The number of rotatable bonds is 0. The Balaban J connectivity index is 0.000000405. The highest BCUT2D eigenvalue weighted by Crippen LogP contribution is 2.48. The predicted molar refractivity (Wildman–Crippen MR) is 40.7 cm³/mol. The first-order valence-electron chi connectivity index (χ1n) is 3.65. The average Bonchev–Trinajstić information content (AvgIpc) is 2.46. The molecule has 2 fully saturated rings. The molecule has 0 aromatic carbocycles. The van der Waals surface area contributed by atoms with Crippen LogP contribution < -0.4 is 5.73 Å². The van der Waals surface area contributed by atoms with E-state index in [1.165, 1.54) is 25.7 Å². The predicted octanol–water partition coefficient (Wildman–Crippen LogP) is 1.56. The topological polar surface area (TPSA) is 26.0 Å². The van der Waals surface area contributed by atoms with Gasteiger partial charge in [0.15, 0.2) is 0 Å². The first kappa shape index (κ1) is 7.36. The third-order valence-corrected chi connectivity index (χ3v) is 2.72. The van der Waals surface area contributed by atoms with E-state index in [9.17, 15) is 0 Å². The summed E-state index contributed by atoms with van der Waals surface area (Å²) in [5, 5.41) is 0. The molecule has 9 heavy (non-hydrogen) atoms. The fourth-order valence-corrected chi connectivity index (χ4v) is 2.05. The van der Waals surface area contributed by atoms with E-state index < -0.39 is 0 Å². The molecule has 2 rings (SSSR count). The lowest BCUT2D eigenvalue weighted by Crippen LogP contribution is -2.02. The van der Waals surface area contributed by atoms with Crippen LogP contribution in [0.15, 0.2) is 0 Å². The Hall–Kier alpha value is 0.250. The zero-order valence-electron chi connectivity index (χ0n) is 5.55. The maximum Gasteiger partial charge on any atom is 0.0102 e. The second kappa shape index (κ2) is 2.47. The quantitative estimate of drug-likeness (QED) is 0.553. The summed E-state index contributed by atoms with van der Waals surface area (Å²) in [6, 6.07) is 0.609. The van der Waals surface area contributed by atoms with Gasteiger partial charge >= 0.3 is 0 Å². The number of hydrogen-bond donors (Lipinski definition) is 1. The second-order valence-corrected chi connectivity index (χ2v) is 3.19. The highest BCUT2D eigenvalue weighted by Gasteiger charge is 2.47. The van der Waals surface area contributed by atoms with Gasteiger partial charge in [-0.05, 0) is 24.7 Å². The smallest absolute Gasteiger partial charge is 0.0102 e. The summed E-state index contributed by atoms with van der Waals surface area (Å²) in [5.74, 6) is 1.90. The van der Waals surface area contributed by atoms with E-state index in [1.807, 2.05) is 0 Å². The van der Waals surface area contributed by atoms with Crippen LogP contribution in [0.3, 0.4) is 0 Å². The molecule has 0 aromatic rings. The van der Waals surface area contributed by atoms with Crippen molar-refractivity contribution in [2.45, 2.75) is 31.7 Å². The minimum absolute atomic E-state index is 0. The van der Waals surface area contributed by atoms with E-state index in [4.69, 9.17) is 5.73 Å². The number of hydrogen-bond acceptors (Lipinski definition) is 1. The van der Waals surface area contributed by atoms with Crippen LogP contribution in [-0.4, -0.2) is 6.04 Å². The van der Waals surface area contributed by atoms with Crippen LogP contribution in [0.4, 0.5) is 0 Å². The van der Waals surface area contributed by atoms with Crippen LogP contribution in [0, 0.1) is 11.8 Å². The third kappa shape index (κ3) is 1.08. The Kier molecular flexibility index (Phi) is 2.02. The second-order valence-electron chi connectivity index (χ2n) is 3.19. The molecule has 0 bridgehead atoms. The summed E-state index contributed by atoms with van der Waals surface area (Å²) in [5.41, 5.74) is 5.77. The molecule has 2 heteroatoms. The maximum absolute atomic E-state index is 5.77. The van der Waals surface area contributed by atoms with E-state index in [1.54, 1.807) is 0 Å². The number of fused-ring (bicyclic) bond motifs is 1. The van der Waals surface area contributed by atoms with Crippen LogP contribution in [-0.2, 0) is 0 Å². The molecule has 2 atom stereocenters. The third-order valence-electron chi connectivity index (χ3n) is 2.72. The molecule has 2 aliphatic carbocycles. The number of halogens is 1. The molecular weight excluding hydrogens is 134 g/mol. The van der Waals surface area contributed by atoms with Crippen molar-refractivity contribution in [3.63, 3.8) is 0 Å². The van der Waals surface area contributed by atoms with Gasteiger partial charge in [0, 0.05) is 6.04 Å². The summed E-state index contributed by atoms with van der Waals surface area (Å²) in [4.78, 5) is 0. The van der Waals surface area contributed by atoms with Gasteiger partial charge in [0.05, 0.1) is 0 Å². The van der Waals surface area contributed by atoms with Gasteiger partial charge in [0.2, 0.25) is 0 Å². The van der Waals surface area contributed by atoms with Gasteiger partial charge < -0.3 is 5.73 Å². The monoisotopic (exact) mass is 147 g/mol. The zero-order valence-corrected chi connectivity index (χ0v) is 6.36. The molecule has 0 heterocycles. The Morgan fingerprint density at radius 1 is 1.00 bits per heavy atom. The first-order valence-corrected chi connectivity index (χ1v) is 3.65. The van der Waals surface area contributed by atoms with Crippen molar-refractivity contribution in [1.29, 1.82) is 0 Å². The summed E-state index contributed by atoms with van der Waals surface area (Å²) in [6.45, 7) is 0. The summed E-state index contributed by atoms with van der Waals surface area (Å²) >= 11 is 0. The standard InChI is InChI=1S/C7H13N.ClH/c8-7-5-3-1-2-4-6(5)7;/h5-7H,1-4,8H2;1H. The molecule has 0 spiro atoms. The molecule has 1 nitrogen and oxygen atoms in total. The van der Waals surface area contributed by atoms with E-state index in [-0.39, 0.29) is 12.4 Å². The molecule has 54 valence electrons. The fraction of sp³-hybridized carbons (Fsp3) is 1.00. The van der Waals surface area contributed by atoms with Crippen LogP contribution in [0.25, 0.3) is 0 Å². The molecule has 2 saturated carbocycles. The van der Waals surface area contributed by atoms with Crippen molar-refractivity contribution in [3.8, 4) is 0 Å². The Morgan fingerprint density at radius 3 is 1.78 bits per heavy atom. The molecule has 0 aliphatic heterocycles. The Labute approximate surface area is 62.4 Å². The summed E-state index contributed by atoms with van der Waals surface area (Å²) in [7, 11) is 0. The molecular formula is C7H14ClN. The molecule has 0 aromatic heterocycles. The van der Waals surface area contributed by atoms with Crippen molar-refractivity contribution in [2.75, 3.05) is 0 Å². The van der Waals surface area contributed by atoms with Crippen molar-refractivity contribution in [2.24, 2.45) is 17.6 Å². The first-order chi connectivity index (χ1) is 3.89. The lowest BCUT2D eigenvalue weighted by molar-refractivity contribution is 0.480. The van der Waals surface area contributed by atoms with Gasteiger partial charge in [0.25, 0.3) is 0 Å². The van der Waals surface area contributed by atoms with Gasteiger partial charge in [-0.15, -0.1) is 12.4 Å². The summed E-state index contributed by atoms with van der Waals surface area (Å²) in [6.07, 6.45) is 5.72. The molecule has 0 radical (unpaired) electrons. The maximum atomic E-state index is 5.77. The lowest BCUT2D eigenvalue weighted by atomic mass is 10.0. The Bertz CT molecular complexity index is 93.1. The Morgan fingerprint density at radius 2 is 1.44 bits per heavy atom. The van der Waals surface area contributed by atoms with E-state index in [0.717, 1.165) is 11.8 Å². The van der Waals surface area contributed by atoms with Gasteiger partial charge in [-0.25, -0.2) is 0 Å². The zero-order chi connectivity index (χ0) is 5.56. The summed E-state index contributed by atoms with van der Waals surface area (Å²) < 4.78 is 0. The SMILES string of the molecule is Cl.NC1C2CCCCC12. The van der Waals surface area contributed by atoms with Gasteiger partial charge in [0.1, 0.15) is 0 Å². The van der Waals surface area contributed by atoms with Crippen molar-refractivity contribution >= 4 is 12.4 Å². The average molecular weight is 148 g/mol. The van der Waals surface area contributed by atoms with E-state index in [0.29, 0.717) is 6.04 Å². The molecule has 0 amide bonds. The van der Waals surface area contributed by atoms with Crippen molar-refractivity contribution in [1.82, 2.24) is 0 Å². The number of nitrogens with two attached hydrogens (primary N) is 1. The molecule has 2 unspecified atom stereocenters. The van der Waals surface area contributed by atoms with Crippen LogP contribution >= 0.6 is 12.4 Å². The normalized spacial score (nSPS) is 47.0. The van der Waals surface area contributed by atoms with Crippen LogP contribution in [0.2, 0.25) is 0 Å². The minimum Gasteiger partial charge on any atom is -0.327 e. The largest absolute Gasteiger partial charge is 0.327 e. The van der Waals surface area contributed by atoms with Gasteiger partial charge in [-0.1, -0.05) is 12.8 Å². The van der Waals surface area contributed by atoms with Gasteiger partial charge in [-0.3, -0.25) is 0 Å². The minimum atomic E-state index is 0.